The second kappa shape index (κ2) is 13.2. The van der Waals surface area contributed by atoms with Crippen LogP contribution >= 0.6 is 7.75 Å². The van der Waals surface area contributed by atoms with Crippen molar-refractivity contribution in [2.45, 2.75) is 71.0 Å². The number of aromatic nitrogens is 4. The van der Waals surface area contributed by atoms with E-state index in [4.69, 9.17) is 19.5 Å². The van der Waals surface area contributed by atoms with Gasteiger partial charge in [0.1, 0.15) is 11.8 Å². The van der Waals surface area contributed by atoms with Gasteiger partial charge in [0, 0.05) is 12.0 Å². The van der Waals surface area contributed by atoms with Crippen LogP contribution < -0.4 is 20.7 Å². The van der Waals surface area contributed by atoms with Gasteiger partial charge in [-0.15, -0.1) is 0 Å². The first kappa shape index (κ1) is 30.0. The highest BCUT2D eigenvalue weighted by atomic mass is 31.2. The van der Waals surface area contributed by atoms with Crippen molar-refractivity contribution in [1.82, 2.24) is 24.6 Å². The molecule has 3 aromatic rings. The lowest BCUT2D eigenvalue weighted by molar-refractivity contribution is -0.145. The second-order valence-corrected chi connectivity index (χ2v) is 13.1. The molecule has 4 N–H and O–H groups in total. The molecule has 226 valence electrons. The van der Waals surface area contributed by atoms with Gasteiger partial charge < -0.3 is 24.9 Å². The largest absolute Gasteiger partial charge is 0.465 e. The molecule has 1 aromatic carbocycles. The standard InChI is InChI=1S/C29H40N7O5P/c1-19(2)8-7-15-39-28(37)20(3)35-42(38,41-24-9-5-4-6-10-24)40-17-21-11-14-23(16-21)36-18-31-25-26(32-22-12-13-22)33-29(30)34-27(25)36/h4-6,9-11,14,18-23H,7-8,12-13,15-17H2,1-3H3,(H,35,38)(H3,30,32,33,34)/t20-,21+,23-,42?/m0/s1. The second-order valence-electron chi connectivity index (χ2n) is 11.4. The Kier molecular flexibility index (Phi) is 9.45. The third kappa shape index (κ3) is 7.87. The number of fused-ring (bicyclic) bond motifs is 1. The quantitative estimate of drug-likeness (QED) is 0.0909. The topological polar surface area (TPSA) is 156 Å². The number of allylic oxidation sites excluding steroid dienone is 1. The van der Waals surface area contributed by atoms with Crippen molar-refractivity contribution in [2.24, 2.45) is 11.8 Å². The molecule has 0 spiro atoms. The summed E-state index contributed by atoms with van der Waals surface area (Å²) in [5.41, 5.74) is 7.35. The highest BCUT2D eigenvalue weighted by Gasteiger charge is 2.34. The van der Waals surface area contributed by atoms with E-state index in [1.165, 1.54) is 0 Å². The number of imidazole rings is 1. The van der Waals surface area contributed by atoms with Gasteiger partial charge in [-0.05, 0) is 57.1 Å². The number of carbonyl (C=O) groups excluding carboxylic acids is 1. The summed E-state index contributed by atoms with van der Waals surface area (Å²) in [6.45, 7) is 6.24. The molecule has 13 heteroatoms. The summed E-state index contributed by atoms with van der Waals surface area (Å²) in [4.78, 5) is 26.0. The number of nitrogens with two attached hydrogens (primary N) is 1. The third-order valence-corrected chi connectivity index (χ3v) is 8.81. The average molecular weight is 598 g/mol. The first-order valence-corrected chi connectivity index (χ1v) is 16.1. The zero-order valence-corrected chi connectivity index (χ0v) is 25.2. The number of nitrogens with zero attached hydrogens (tertiary/aromatic N) is 4. The van der Waals surface area contributed by atoms with Crippen LogP contribution in [0.3, 0.4) is 0 Å². The molecule has 4 atom stereocenters. The van der Waals surface area contributed by atoms with E-state index in [9.17, 15) is 9.36 Å². The molecule has 0 bridgehead atoms. The summed E-state index contributed by atoms with van der Waals surface area (Å²) in [6, 6.07) is 8.19. The van der Waals surface area contributed by atoms with E-state index >= 15 is 0 Å². The van der Waals surface area contributed by atoms with E-state index in [1.54, 1.807) is 37.5 Å². The zero-order valence-electron chi connectivity index (χ0n) is 24.3. The monoisotopic (exact) mass is 597 g/mol. The minimum absolute atomic E-state index is 0.0474. The van der Waals surface area contributed by atoms with Gasteiger partial charge in [0.15, 0.2) is 17.0 Å². The van der Waals surface area contributed by atoms with Gasteiger partial charge in [-0.2, -0.15) is 15.1 Å². The minimum Gasteiger partial charge on any atom is -0.465 e. The smallest absolute Gasteiger partial charge is 0.459 e. The van der Waals surface area contributed by atoms with Crippen molar-refractivity contribution in [3.63, 3.8) is 0 Å². The van der Waals surface area contributed by atoms with Crippen LogP contribution in [-0.4, -0.2) is 50.8 Å². The summed E-state index contributed by atoms with van der Waals surface area (Å²) in [6.07, 6.45) is 10.4. The van der Waals surface area contributed by atoms with Crippen LogP contribution in [0.4, 0.5) is 11.8 Å². The van der Waals surface area contributed by atoms with Crippen LogP contribution in [0.15, 0.2) is 48.8 Å². The molecule has 2 aliphatic rings. The van der Waals surface area contributed by atoms with E-state index in [-0.39, 0.29) is 24.5 Å². The Balaban J connectivity index is 1.22. The molecule has 0 saturated heterocycles. The van der Waals surface area contributed by atoms with Crippen LogP contribution in [0.5, 0.6) is 5.75 Å². The van der Waals surface area contributed by atoms with Crippen LogP contribution in [-0.2, 0) is 18.6 Å². The van der Waals surface area contributed by atoms with E-state index in [0.717, 1.165) is 25.7 Å². The maximum Gasteiger partial charge on any atom is 0.459 e. The molecule has 0 amide bonds. The van der Waals surface area contributed by atoms with Crippen molar-refractivity contribution in [1.29, 1.82) is 0 Å². The van der Waals surface area contributed by atoms with Crippen LogP contribution in [0.1, 0.15) is 58.9 Å². The van der Waals surface area contributed by atoms with Gasteiger partial charge in [-0.25, -0.2) is 9.55 Å². The zero-order chi connectivity index (χ0) is 29.7. The number of rotatable bonds is 15. The normalized spacial score (nSPS) is 20.5. The summed E-state index contributed by atoms with van der Waals surface area (Å²) in [5, 5.41) is 6.15. The molecule has 12 nitrogen and oxygen atoms in total. The number of ether oxygens (including phenoxy) is 1. The molecular formula is C29H40N7O5P. The number of benzene rings is 1. The lowest BCUT2D eigenvalue weighted by Crippen LogP contribution is -2.35. The molecule has 0 radical (unpaired) electrons. The molecule has 1 fully saturated rings. The van der Waals surface area contributed by atoms with Crippen molar-refractivity contribution < 1.29 is 23.1 Å². The van der Waals surface area contributed by atoms with Crippen molar-refractivity contribution in [3.05, 3.63) is 48.8 Å². The van der Waals surface area contributed by atoms with Crippen LogP contribution in [0, 0.1) is 11.8 Å². The number of hydrogen-bond donors (Lipinski definition) is 3. The van der Waals surface area contributed by atoms with E-state index < -0.39 is 19.8 Å². The van der Waals surface area contributed by atoms with Crippen LogP contribution in [0.25, 0.3) is 11.2 Å². The minimum atomic E-state index is -3.95. The van der Waals surface area contributed by atoms with Crippen LogP contribution in [0.2, 0.25) is 0 Å². The lowest BCUT2D eigenvalue weighted by atomic mass is 10.1. The van der Waals surface area contributed by atoms with Crippen molar-refractivity contribution >= 4 is 36.6 Å². The molecule has 2 aromatic heterocycles. The Morgan fingerprint density at radius 2 is 1.95 bits per heavy atom. The van der Waals surface area contributed by atoms with E-state index in [0.29, 0.717) is 47.7 Å². The Hall–Kier alpha value is -3.47. The Labute approximate surface area is 246 Å². The van der Waals surface area contributed by atoms with Crippen molar-refractivity contribution in [2.75, 3.05) is 24.3 Å². The number of carbonyl (C=O) groups is 1. The van der Waals surface area contributed by atoms with Gasteiger partial charge in [0.25, 0.3) is 0 Å². The SMILES string of the molecule is CC(C)CCCOC(=O)[C@H](C)NP(=O)(OC[C@@H]1C=C[C@H](n2cnc3c(NC4CC4)nc(N)nc32)C1)Oc1ccccc1. The molecule has 42 heavy (non-hydrogen) atoms. The molecule has 2 aliphatic carbocycles. The maximum atomic E-state index is 13.9. The Bertz CT molecular complexity index is 1440. The van der Waals surface area contributed by atoms with Gasteiger partial charge in [-0.3, -0.25) is 9.32 Å². The van der Waals surface area contributed by atoms with Gasteiger partial charge in [0.05, 0.1) is 25.6 Å². The summed E-state index contributed by atoms with van der Waals surface area (Å²) in [5.74, 6) is 1.15. The van der Waals surface area contributed by atoms with Gasteiger partial charge in [0.2, 0.25) is 5.95 Å². The summed E-state index contributed by atoms with van der Waals surface area (Å²) in [7, 11) is -3.95. The number of nitrogens with one attached hydrogen (secondary N) is 2. The van der Waals surface area contributed by atoms with E-state index in [1.807, 2.05) is 16.7 Å². The highest BCUT2D eigenvalue weighted by Crippen LogP contribution is 2.46. The predicted octanol–water partition coefficient (Wildman–Crippen LogP) is 5.26. The van der Waals surface area contributed by atoms with Crippen molar-refractivity contribution in [3.8, 4) is 5.75 Å². The molecule has 5 rings (SSSR count). The lowest BCUT2D eigenvalue weighted by Gasteiger charge is -2.24. The molecular weight excluding hydrogens is 557 g/mol. The highest BCUT2D eigenvalue weighted by molar-refractivity contribution is 7.52. The first-order valence-electron chi connectivity index (χ1n) is 14.6. The Morgan fingerprint density at radius 3 is 2.69 bits per heavy atom. The third-order valence-electron chi connectivity index (χ3n) is 7.17. The molecule has 2 heterocycles. The predicted molar refractivity (Wildman–Crippen MR) is 161 cm³/mol. The maximum absolute atomic E-state index is 13.9. The van der Waals surface area contributed by atoms with Gasteiger partial charge in [-0.1, -0.05) is 44.2 Å². The molecule has 1 saturated carbocycles. The van der Waals surface area contributed by atoms with E-state index in [2.05, 4.69) is 45.3 Å². The fourth-order valence-electron chi connectivity index (χ4n) is 4.76. The average Bonchev–Trinajstić information content (AvgIpc) is 3.46. The number of esters is 1. The Morgan fingerprint density at radius 1 is 1.17 bits per heavy atom. The summed E-state index contributed by atoms with van der Waals surface area (Å²) < 4.78 is 33.0. The molecule has 0 aliphatic heterocycles. The fraction of sp³-hybridized carbons (Fsp3) is 0.517. The number of para-hydroxylation sites is 1. The first-order chi connectivity index (χ1) is 20.2. The number of anilines is 2. The molecule has 1 unspecified atom stereocenters. The summed E-state index contributed by atoms with van der Waals surface area (Å²) >= 11 is 0. The number of hydrogen-bond acceptors (Lipinski definition) is 10. The number of nitrogen functional groups attached to an aromatic ring is 1. The van der Waals surface area contributed by atoms with Gasteiger partial charge >= 0.3 is 13.7 Å². The fourth-order valence-corrected chi connectivity index (χ4v) is 6.31.